The quantitative estimate of drug-likeness (QED) is 0.751. The van der Waals surface area contributed by atoms with Gasteiger partial charge in [0.15, 0.2) is 0 Å². The molecule has 0 radical (unpaired) electrons. The van der Waals surface area contributed by atoms with Gasteiger partial charge >= 0.3 is 5.97 Å². The Morgan fingerprint density at radius 3 is 1.50 bits per heavy atom. The van der Waals surface area contributed by atoms with Gasteiger partial charge in [0.1, 0.15) is 5.71 Å². The van der Waals surface area contributed by atoms with E-state index in [1.54, 1.807) is 0 Å². The zero-order chi connectivity index (χ0) is 15.0. The van der Waals surface area contributed by atoms with Gasteiger partial charge in [-0.3, -0.25) is 5.41 Å². The normalized spacial score (nSPS) is 10.9. The minimum Gasteiger partial charge on any atom is -0.477 e. The Bertz CT molecular complexity index is 513. The lowest BCUT2D eigenvalue weighted by Gasteiger charge is -1.98. The lowest BCUT2D eigenvalue weighted by atomic mass is 10.1. The van der Waals surface area contributed by atoms with Crippen molar-refractivity contribution in [3.63, 3.8) is 0 Å². The number of carboxylic acid groups (broad SMARTS) is 1. The van der Waals surface area contributed by atoms with Crippen LogP contribution < -0.4 is 0 Å². The minimum atomic E-state index is -1.37. The van der Waals surface area contributed by atoms with Crippen LogP contribution >= 0.6 is 0 Å². The molecule has 104 valence electrons. The number of hydrogen-bond acceptors (Lipinski definition) is 3. The second-order valence-corrected chi connectivity index (χ2v) is 4.13. The fourth-order valence-corrected chi connectivity index (χ4v) is 1.44. The van der Waals surface area contributed by atoms with E-state index in [0.29, 0.717) is 0 Å². The van der Waals surface area contributed by atoms with Crippen molar-refractivity contribution < 1.29 is 15.0 Å². The second kappa shape index (κ2) is 7.86. The van der Waals surface area contributed by atoms with E-state index in [9.17, 15) is 4.79 Å². The number of carbonyl (C=O) groups is 1. The molecule has 0 aliphatic rings. The van der Waals surface area contributed by atoms with Gasteiger partial charge in [0, 0.05) is 0 Å². The van der Waals surface area contributed by atoms with Crippen LogP contribution in [0, 0.1) is 5.41 Å². The lowest BCUT2D eigenvalue weighted by Crippen LogP contribution is -2.23. The smallest absolute Gasteiger partial charge is 0.352 e. The number of aliphatic hydroxyl groups is 1. The van der Waals surface area contributed by atoms with E-state index < -0.39 is 17.8 Å². The maximum atomic E-state index is 9.76. The number of hydrogen-bond donors (Lipinski definition) is 3. The third-order valence-electron chi connectivity index (χ3n) is 2.53. The first-order chi connectivity index (χ1) is 9.52. The highest BCUT2D eigenvalue weighted by Crippen LogP contribution is 2.17. The Balaban J connectivity index is 0.000000221. The summed E-state index contributed by atoms with van der Waals surface area (Å²) in [5, 5.41) is 22.9. The standard InChI is InChI=1S/C12H10.C4H7NO3/c1-3-7-11(8-4-1)12-9-5-2-6-10-12;1-2(6)3(5)4(7)8/h1-10H;2,5-6H,1H3,(H,7,8). The van der Waals surface area contributed by atoms with Gasteiger partial charge in [-0.25, -0.2) is 4.79 Å². The van der Waals surface area contributed by atoms with Crippen LogP contribution in [0.3, 0.4) is 0 Å². The molecule has 0 amide bonds. The highest BCUT2D eigenvalue weighted by Gasteiger charge is 2.11. The molecule has 4 heteroatoms. The number of carboxylic acids is 1. The van der Waals surface area contributed by atoms with E-state index in [1.807, 2.05) is 12.1 Å². The number of nitrogens with one attached hydrogen (secondary N) is 1. The van der Waals surface area contributed by atoms with Gasteiger partial charge in [0.25, 0.3) is 0 Å². The fraction of sp³-hybridized carbons (Fsp3) is 0.125. The highest BCUT2D eigenvalue weighted by molar-refractivity contribution is 6.35. The van der Waals surface area contributed by atoms with Crippen molar-refractivity contribution in [3.8, 4) is 11.1 Å². The van der Waals surface area contributed by atoms with Crippen molar-refractivity contribution in [1.82, 2.24) is 0 Å². The van der Waals surface area contributed by atoms with Crippen LogP contribution in [0.25, 0.3) is 11.1 Å². The van der Waals surface area contributed by atoms with Crippen molar-refractivity contribution >= 4 is 11.7 Å². The predicted molar refractivity (Wildman–Crippen MR) is 78.9 cm³/mol. The summed E-state index contributed by atoms with van der Waals surface area (Å²) < 4.78 is 0. The van der Waals surface area contributed by atoms with E-state index in [0.717, 1.165) is 0 Å². The van der Waals surface area contributed by atoms with E-state index >= 15 is 0 Å². The molecule has 3 N–H and O–H groups in total. The molecular formula is C16H17NO3. The average molecular weight is 271 g/mol. The van der Waals surface area contributed by atoms with Crippen molar-refractivity contribution in [1.29, 1.82) is 5.41 Å². The SMILES string of the molecule is CC(O)C(=N)C(=O)O.c1ccc(-c2ccccc2)cc1. The van der Waals surface area contributed by atoms with E-state index in [-0.39, 0.29) is 0 Å². The molecule has 1 unspecified atom stereocenters. The van der Waals surface area contributed by atoms with E-state index in [4.69, 9.17) is 15.6 Å². The average Bonchev–Trinajstić information content (AvgIpc) is 2.48. The first-order valence-corrected chi connectivity index (χ1v) is 6.12. The molecule has 2 aromatic rings. The van der Waals surface area contributed by atoms with Crippen molar-refractivity contribution in [2.75, 3.05) is 0 Å². The molecule has 0 bridgehead atoms. The van der Waals surface area contributed by atoms with Gasteiger partial charge in [-0.2, -0.15) is 0 Å². The van der Waals surface area contributed by atoms with Crippen LogP contribution in [0.2, 0.25) is 0 Å². The maximum absolute atomic E-state index is 9.76. The highest BCUT2D eigenvalue weighted by atomic mass is 16.4. The summed E-state index contributed by atoms with van der Waals surface area (Å²) in [6, 6.07) is 20.8. The molecular weight excluding hydrogens is 254 g/mol. The molecule has 0 aromatic heterocycles. The molecule has 0 heterocycles. The van der Waals surface area contributed by atoms with Crippen molar-refractivity contribution in [2.45, 2.75) is 13.0 Å². The topological polar surface area (TPSA) is 81.4 Å². The Morgan fingerprint density at radius 1 is 0.950 bits per heavy atom. The fourth-order valence-electron chi connectivity index (χ4n) is 1.44. The molecule has 0 saturated heterocycles. The Labute approximate surface area is 117 Å². The van der Waals surface area contributed by atoms with Gasteiger partial charge in [-0.15, -0.1) is 0 Å². The number of aliphatic hydroxyl groups excluding tert-OH is 1. The Hall–Kier alpha value is -2.46. The first kappa shape index (κ1) is 15.6. The zero-order valence-corrected chi connectivity index (χ0v) is 11.2. The molecule has 0 fully saturated rings. The molecule has 2 aromatic carbocycles. The van der Waals surface area contributed by atoms with Crippen LogP contribution in [-0.4, -0.2) is 28.0 Å². The van der Waals surface area contributed by atoms with Gasteiger partial charge in [0.05, 0.1) is 6.10 Å². The third kappa shape index (κ3) is 5.04. The maximum Gasteiger partial charge on any atom is 0.352 e. The van der Waals surface area contributed by atoms with Gasteiger partial charge in [-0.1, -0.05) is 60.7 Å². The first-order valence-electron chi connectivity index (χ1n) is 6.12. The monoisotopic (exact) mass is 271 g/mol. The van der Waals surface area contributed by atoms with Crippen molar-refractivity contribution in [2.24, 2.45) is 0 Å². The van der Waals surface area contributed by atoms with Crippen LogP contribution in [0.15, 0.2) is 60.7 Å². The molecule has 20 heavy (non-hydrogen) atoms. The molecule has 2 rings (SSSR count). The molecule has 0 aliphatic heterocycles. The summed E-state index contributed by atoms with van der Waals surface area (Å²) in [6.07, 6.45) is -1.17. The van der Waals surface area contributed by atoms with E-state index in [2.05, 4.69) is 48.5 Å². The predicted octanol–water partition coefficient (Wildman–Crippen LogP) is 2.83. The van der Waals surface area contributed by atoms with Gasteiger partial charge in [-0.05, 0) is 18.1 Å². The number of benzene rings is 2. The molecule has 1 atom stereocenters. The Morgan fingerprint density at radius 2 is 1.30 bits per heavy atom. The number of aliphatic carboxylic acids is 1. The molecule has 0 saturated carbocycles. The summed E-state index contributed by atoms with van der Waals surface area (Å²) >= 11 is 0. The Kier molecular flexibility index (Phi) is 6.13. The van der Waals surface area contributed by atoms with Gasteiger partial charge < -0.3 is 10.2 Å². The summed E-state index contributed by atoms with van der Waals surface area (Å²) in [7, 11) is 0. The van der Waals surface area contributed by atoms with Crippen LogP contribution in [0.4, 0.5) is 0 Å². The minimum absolute atomic E-state index is 0.676. The van der Waals surface area contributed by atoms with E-state index in [1.165, 1.54) is 18.1 Å². The third-order valence-corrected chi connectivity index (χ3v) is 2.53. The molecule has 4 nitrogen and oxygen atoms in total. The summed E-state index contributed by atoms with van der Waals surface area (Å²) in [6.45, 7) is 1.23. The zero-order valence-electron chi connectivity index (χ0n) is 11.2. The van der Waals surface area contributed by atoms with Crippen molar-refractivity contribution in [3.05, 3.63) is 60.7 Å². The molecule has 0 aliphatic carbocycles. The van der Waals surface area contributed by atoms with Crippen LogP contribution in [0.5, 0.6) is 0 Å². The summed E-state index contributed by atoms with van der Waals surface area (Å²) in [5.74, 6) is -1.37. The van der Waals surface area contributed by atoms with Crippen LogP contribution in [0.1, 0.15) is 6.92 Å². The molecule has 0 spiro atoms. The number of rotatable bonds is 3. The van der Waals surface area contributed by atoms with Gasteiger partial charge in [0.2, 0.25) is 0 Å². The summed E-state index contributed by atoms with van der Waals surface area (Å²) in [5.41, 5.74) is 1.88. The largest absolute Gasteiger partial charge is 0.477 e. The lowest BCUT2D eigenvalue weighted by molar-refractivity contribution is -0.129. The second-order valence-electron chi connectivity index (χ2n) is 4.13. The summed E-state index contributed by atoms with van der Waals surface area (Å²) in [4.78, 5) is 9.76. The van der Waals surface area contributed by atoms with Crippen LogP contribution in [-0.2, 0) is 4.79 Å².